The van der Waals surface area contributed by atoms with Crippen LogP contribution >= 0.6 is 0 Å². The predicted octanol–water partition coefficient (Wildman–Crippen LogP) is 3.63. The lowest BCUT2D eigenvalue weighted by atomic mass is 9.92. The van der Waals surface area contributed by atoms with Gasteiger partial charge in [0.1, 0.15) is 11.6 Å². The monoisotopic (exact) mass is 396 g/mol. The number of nitriles is 1. The first-order chi connectivity index (χ1) is 13.8. The molecular formula is C24H36N4O. The van der Waals surface area contributed by atoms with Gasteiger partial charge in [-0.15, -0.1) is 0 Å². The molecule has 0 aromatic heterocycles. The van der Waals surface area contributed by atoms with Crippen LogP contribution in [-0.4, -0.2) is 65.9 Å². The van der Waals surface area contributed by atoms with Gasteiger partial charge in [-0.05, 0) is 51.4 Å². The summed E-state index contributed by atoms with van der Waals surface area (Å²) in [7, 11) is 2.12. The zero-order valence-corrected chi connectivity index (χ0v) is 18.9. The van der Waals surface area contributed by atoms with Gasteiger partial charge in [-0.3, -0.25) is 9.69 Å². The Kier molecular flexibility index (Phi) is 8.01. The molecule has 29 heavy (non-hydrogen) atoms. The summed E-state index contributed by atoms with van der Waals surface area (Å²) < 4.78 is 0. The molecule has 1 amide bonds. The fourth-order valence-electron chi connectivity index (χ4n) is 4.17. The third-order valence-electron chi connectivity index (χ3n) is 6.02. The summed E-state index contributed by atoms with van der Waals surface area (Å²) >= 11 is 0. The van der Waals surface area contributed by atoms with Crippen molar-refractivity contribution in [3.63, 3.8) is 0 Å². The van der Waals surface area contributed by atoms with Crippen molar-refractivity contribution >= 4 is 5.91 Å². The van der Waals surface area contributed by atoms with Gasteiger partial charge in [0.25, 0.3) is 5.91 Å². The van der Waals surface area contributed by atoms with Gasteiger partial charge < -0.3 is 9.80 Å². The number of carbonyl (C=O) groups excluding carboxylic acids is 1. The summed E-state index contributed by atoms with van der Waals surface area (Å²) in [4.78, 5) is 19.7. The van der Waals surface area contributed by atoms with E-state index in [4.69, 9.17) is 0 Å². The van der Waals surface area contributed by atoms with Crippen molar-refractivity contribution in [3.8, 4) is 6.07 Å². The third kappa shape index (κ3) is 5.26. The maximum atomic E-state index is 13.2. The number of nitrogens with zero attached hydrogens (tertiary/aromatic N) is 4. The zero-order chi connectivity index (χ0) is 21.6. The molecule has 1 aromatic carbocycles. The number of hydrogen-bond donors (Lipinski definition) is 0. The molecule has 1 unspecified atom stereocenters. The Bertz CT molecular complexity index is 769. The van der Waals surface area contributed by atoms with Crippen molar-refractivity contribution in [2.75, 3.05) is 39.8 Å². The lowest BCUT2D eigenvalue weighted by molar-refractivity contribution is -0.129. The molecule has 0 aliphatic carbocycles. The highest BCUT2D eigenvalue weighted by Crippen LogP contribution is 2.30. The number of amides is 1. The van der Waals surface area contributed by atoms with Gasteiger partial charge in [0.15, 0.2) is 0 Å². The van der Waals surface area contributed by atoms with Crippen LogP contribution in [0.4, 0.5) is 0 Å². The van der Waals surface area contributed by atoms with Crippen molar-refractivity contribution in [2.24, 2.45) is 0 Å². The van der Waals surface area contributed by atoms with Crippen molar-refractivity contribution in [1.82, 2.24) is 14.7 Å². The van der Waals surface area contributed by atoms with E-state index in [1.807, 2.05) is 37.0 Å². The topological polar surface area (TPSA) is 50.6 Å². The second-order valence-electron chi connectivity index (χ2n) is 8.24. The minimum absolute atomic E-state index is 0.00838. The van der Waals surface area contributed by atoms with Crippen molar-refractivity contribution in [3.05, 3.63) is 47.0 Å². The van der Waals surface area contributed by atoms with E-state index >= 15 is 0 Å². The Morgan fingerprint density at radius 1 is 1.14 bits per heavy atom. The van der Waals surface area contributed by atoms with E-state index in [1.165, 1.54) is 11.1 Å². The van der Waals surface area contributed by atoms with Gasteiger partial charge in [-0.2, -0.15) is 5.26 Å². The van der Waals surface area contributed by atoms with Crippen LogP contribution in [0.15, 0.2) is 35.9 Å². The molecular weight excluding hydrogens is 360 g/mol. The Morgan fingerprint density at radius 3 is 2.38 bits per heavy atom. The van der Waals surface area contributed by atoms with Crippen LogP contribution in [-0.2, 0) is 11.2 Å². The maximum Gasteiger partial charge on any atom is 0.264 e. The molecule has 158 valence electrons. The minimum Gasteiger partial charge on any atom is -0.331 e. The van der Waals surface area contributed by atoms with Gasteiger partial charge in [0.05, 0.1) is 6.04 Å². The number of carbonyl (C=O) groups is 1. The van der Waals surface area contributed by atoms with E-state index in [0.29, 0.717) is 6.54 Å². The molecule has 1 atom stereocenters. The van der Waals surface area contributed by atoms with Crippen LogP contribution in [0.5, 0.6) is 0 Å². The average Bonchev–Trinajstić information content (AvgIpc) is 2.74. The van der Waals surface area contributed by atoms with Gasteiger partial charge in [0, 0.05) is 38.3 Å². The van der Waals surface area contributed by atoms with Crippen molar-refractivity contribution in [1.29, 1.82) is 5.26 Å². The summed E-state index contributed by atoms with van der Waals surface area (Å²) in [5.74, 6) is -0.151. The summed E-state index contributed by atoms with van der Waals surface area (Å²) in [6.45, 7) is 14.8. The molecule has 5 heteroatoms. The predicted molar refractivity (Wildman–Crippen MR) is 118 cm³/mol. The van der Waals surface area contributed by atoms with E-state index in [2.05, 4.69) is 55.8 Å². The molecule has 0 N–H and O–H groups in total. The summed E-state index contributed by atoms with van der Waals surface area (Å²) in [5.41, 5.74) is 2.42. The molecule has 3 rings (SSSR count). The van der Waals surface area contributed by atoms with E-state index < -0.39 is 0 Å². The first-order valence-electron chi connectivity index (χ1n) is 10.8. The minimum atomic E-state index is -0.321. The smallest absolute Gasteiger partial charge is 0.264 e. The molecule has 2 heterocycles. The molecule has 1 fully saturated rings. The second kappa shape index (κ2) is 10.0. The molecule has 0 radical (unpaired) electrons. The molecule has 2 aliphatic rings. The zero-order valence-electron chi connectivity index (χ0n) is 18.9. The maximum absolute atomic E-state index is 13.2. The first-order valence-corrected chi connectivity index (χ1v) is 10.8. The van der Waals surface area contributed by atoms with Crippen molar-refractivity contribution < 1.29 is 4.79 Å². The second-order valence-corrected chi connectivity index (χ2v) is 8.24. The SMILES string of the molecule is CC.CC1c2ccccc2CCN1C(=O)/C(C#N)=C\C(C)(C)N1CCN(C)CC1. The Labute approximate surface area is 176 Å². The summed E-state index contributed by atoms with van der Waals surface area (Å²) in [5, 5.41) is 9.72. The molecule has 1 saturated heterocycles. The van der Waals surface area contributed by atoms with E-state index in [1.54, 1.807) is 0 Å². The summed E-state index contributed by atoms with van der Waals surface area (Å²) in [6, 6.07) is 10.4. The molecule has 1 aromatic rings. The van der Waals surface area contributed by atoms with Crippen LogP contribution in [0.1, 0.15) is 51.8 Å². The quantitative estimate of drug-likeness (QED) is 0.578. The molecule has 0 spiro atoms. The fraction of sp³-hybridized carbons (Fsp3) is 0.583. The van der Waals surface area contributed by atoms with Gasteiger partial charge in [-0.1, -0.05) is 38.1 Å². The lowest BCUT2D eigenvalue weighted by Gasteiger charge is -2.42. The Morgan fingerprint density at radius 2 is 1.76 bits per heavy atom. The number of rotatable bonds is 3. The Balaban J connectivity index is 0.00000145. The fourth-order valence-corrected chi connectivity index (χ4v) is 4.17. The standard InChI is InChI=1S/C22H30N4O.C2H6/c1-17-20-8-6-5-7-18(20)9-10-26(17)21(27)19(16-23)15-22(2,3)25-13-11-24(4)12-14-25;1-2/h5-8,15,17H,9-14H2,1-4H3;1-2H3/b19-15-;. The average molecular weight is 397 g/mol. The van der Waals surface area contributed by atoms with Gasteiger partial charge >= 0.3 is 0 Å². The third-order valence-corrected chi connectivity index (χ3v) is 6.02. The number of fused-ring (bicyclic) bond motifs is 1. The van der Waals surface area contributed by atoms with Gasteiger partial charge in [0.2, 0.25) is 0 Å². The van der Waals surface area contributed by atoms with E-state index in [0.717, 1.165) is 32.6 Å². The molecule has 2 aliphatic heterocycles. The number of likely N-dealkylation sites (N-methyl/N-ethyl adjacent to an activating group) is 1. The highest BCUT2D eigenvalue weighted by atomic mass is 16.2. The Hall–Kier alpha value is -2.16. The largest absolute Gasteiger partial charge is 0.331 e. The highest BCUT2D eigenvalue weighted by molar-refractivity contribution is 5.97. The number of benzene rings is 1. The summed E-state index contributed by atoms with van der Waals surface area (Å²) in [6.07, 6.45) is 2.71. The van der Waals surface area contributed by atoms with Crippen LogP contribution in [0, 0.1) is 11.3 Å². The van der Waals surface area contributed by atoms with E-state index in [-0.39, 0.29) is 23.1 Å². The number of hydrogen-bond acceptors (Lipinski definition) is 4. The molecule has 5 nitrogen and oxygen atoms in total. The van der Waals surface area contributed by atoms with E-state index in [9.17, 15) is 10.1 Å². The number of piperazine rings is 1. The van der Waals surface area contributed by atoms with Crippen molar-refractivity contribution in [2.45, 2.75) is 52.6 Å². The lowest BCUT2D eigenvalue weighted by Crippen LogP contribution is -2.53. The van der Waals surface area contributed by atoms with Crippen LogP contribution < -0.4 is 0 Å². The van der Waals surface area contributed by atoms with Crippen LogP contribution in [0.2, 0.25) is 0 Å². The molecule has 0 saturated carbocycles. The van der Waals surface area contributed by atoms with Gasteiger partial charge in [-0.25, -0.2) is 0 Å². The highest BCUT2D eigenvalue weighted by Gasteiger charge is 2.32. The van der Waals surface area contributed by atoms with Crippen LogP contribution in [0.25, 0.3) is 0 Å². The normalized spacial score (nSPS) is 20.9. The first kappa shape index (κ1) is 23.1. The van der Waals surface area contributed by atoms with Crippen LogP contribution in [0.3, 0.4) is 0 Å². The molecule has 0 bridgehead atoms.